The van der Waals surface area contributed by atoms with Gasteiger partial charge >= 0.3 is 0 Å². The maximum Gasteiger partial charge on any atom is 0.102 e. The largest absolute Gasteiger partial charge is 0.309 e. The van der Waals surface area contributed by atoms with E-state index in [9.17, 15) is 15.8 Å². The molecule has 0 aliphatic carbocycles. The molecule has 0 bridgehead atoms. The fraction of sp³-hybridized carbons (Fsp3) is 0. The summed E-state index contributed by atoms with van der Waals surface area (Å²) in [6, 6.07) is 57.6. The molecule has 5 heteroatoms. The van der Waals surface area contributed by atoms with Crippen molar-refractivity contribution in [3.05, 3.63) is 168 Å². The van der Waals surface area contributed by atoms with Crippen LogP contribution in [0.5, 0.6) is 0 Å². The summed E-state index contributed by atoms with van der Waals surface area (Å²) in [5.74, 6) is 0. The van der Waals surface area contributed by atoms with Crippen molar-refractivity contribution in [3.8, 4) is 51.8 Å². The molecular weight excluding hydrogens is 611 g/mol. The van der Waals surface area contributed by atoms with Crippen molar-refractivity contribution >= 4 is 43.6 Å². The molecule has 2 heterocycles. The van der Waals surface area contributed by atoms with Gasteiger partial charge in [0.1, 0.15) is 6.07 Å². The lowest BCUT2D eigenvalue weighted by Crippen LogP contribution is -2.02. The second-order valence-corrected chi connectivity index (χ2v) is 12.2. The highest BCUT2D eigenvalue weighted by Gasteiger charge is 2.23. The van der Waals surface area contributed by atoms with Crippen LogP contribution in [0.4, 0.5) is 0 Å². The van der Waals surface area contributed by atoms with Crippen LogP contribution in [0.2, 0.25) is 0 Å². The van der Waals surface area contributed by atoms with Crippen LogP contribution in [0.1, 0.15) is 16.7 Å². The summed E-state index contributed by atoms with van der Waals surface area (Å²) in [6.07, 6.45) is 0. The molecule has 0 aliphatic heterocycles. The van der Waals surface area contributed by atoms with Gasteiger partial charge in [-0.2, -0.15) is 15.8 Å². The Hall–Kier alpha value is -7.39. The number of rotatable bonds is 4. The fourth-order valence-electron chi connectivity index (χ4n) is 7.59. The minimum atomic E-state index is 0.520. The smallest absolute Gasteiger partial charge is 0.102 e. The molecule has 230 valence electrons. The van der Waals surface area contributed by atoms with Gasteiger partial charge in [-0.25, -0.2) is 0 Å². The van der Waals surface area contributed by atoms with Gasteiger partial charge in [-0.05, 0) is 65.7 Å². The van der Waals surface area contributed by atoms with Gasteiger partial charge in [-0.3, -0.25) is 0 Å². The molecule has 0 N–H and O–H groups in total. The first-order valence-corrected chi connectivity index (χ1v) is 16.3. The zero-order valence-corrected chi connectivity index (χ0v) is 26.7. The van der Waals surface area contributed by atoms with Crippen molar-refractivity contribution in [1.82, 2.24) is 9.13 Å². The van der Waals surface area contributed by atoms with Crippen molar-refractivity contribution in [3.63, 3.8) is 0 Å². The van der Waals surface area contributed by atoms with Gasteiger partial charge < -0.3 is 9.13 Å². The molecule has 0 unspecified atom stereocenters. The maximum absolute atomic E-state index is 10.9. The Bertz CT molecular complexity index is 2920. The summed E-state index contributed by atoms with van der Waals surface area (Å²) < 4.78 is 4.36. The number of nitriles is 3. The van der Waals surface area contributed by atoms with Crippen LogP contribution in [0.25, 0.3) is 77.2 Å². The first-order chi connectivity index (χ1) is 24.7. The monoisotopic (exact) mass is 635 g/mol. The Morgan fingerprint density at radius 1 is 0.380 bits per heavy atom. The van der Waals surface area contributed by atoms with Crippen LogP contribution in [0.15, 0.2) is 152 Å². The third-order valence-corrected chi connectivity index (χ3v) is 9.67. The van der Waals surface area contributed by atoms with Gasteiger partial charge in [-0.15, -0.1) is 0 Å². The number of hydrogen-bond acceptors (Lipinski definition) is 3. The molecule has 0 fully saturated rings. The highest BCUT2D eigenvalue weighted by molar-refractivity contribution is 6.11. The molecule has 0 radical (unpaired) electrons. The van der Waals surface area contributed by atoms with Crippen molar-refractivity contribution < 1.29 is 0 Å². The molecule has 0 aliphatic rings. The van der Waals surface area contributed by atoms with Crippen LogP contribution in [0.3, 0.4) is 0 Å². The number of nitrogens with zero attached hydrogens (tertiary/aromatic N) is 5. The Labute approximate surface area is 287 Å². The van der Waals surface area contributed by atoms with E-state index in [-0.39, 0.29) is 0 Å². The van der Waals surface area contributed by atoms with Crippen LogP contribution >= 0.6 is 0 Å². The number of benzene rings is 7. The van der Waals surface area contributed by atoms with Gasteiger partial charge in [0.15, 0.2) is 0 Å². The first kappa shape index (κ1) is 28.8. The van der Waals surface area contributed by atoms with Gasteiger partial charge in [0.05, 0.1) is 62.3 Å². The van der Waals surface area contributed by atoms with Gasteiger partial charge in [0.25, 0.3) is 0 Å². The molecule has 0 spiro atoms. The topological polar surface area (TPSA) is 81.2 Å². The van der Waals surface area contributed by atoms with E-state index < -0.39 is 0 Å². The molecule has 0 saturated carbocycles. The fourth-order valence-corrected chi connectivity index (χ4v) is 7.59. The third-order valence-electron chi connectivity index (χ3n) is 9.67. The molecular formula is C45H25N5. The van der Waals surface area contributed by atoms with E-state index in [1.54, 1.807) is 0 Å². The number of hydrogen-bond donors (Lipinski definition) is 0. The molecule has 7 aromatic carbocycles. The molecule has 0 saturated heterocycles. The van der Waals surface area contributed by atoms with Crippen molar-refractivity contribution in [2.24, 2.45) is 0 Å². The van der Waals surface area contributed by atoms with E-state index in [4.69, 9.17) is 0 Å². The lowest BCUT2D eigenvalue weighted by molar-refractivity contribution is 1.17. The summed E-state index contributed by atoms with van der Waals surface area (Å²) in [7, 11) is 0. The Morgan fingerprint density at radius 2 is 0.900 bits per heavy atom. The number of para-hydroxylation sites is 3. The summed E-state index contributed by atoms with van der Waals surface area (Å²) in [4.78, 5) is 0. The lowest BCUT2D eigenvalue weighted by Gasteiger charge is -2.19. The normalized spacial score (nSPS) is 11.1. The third kappa shape index (κ3) is 4.17. The second-order valence-electron chi connectivity index (χ2n) is 12.2. The Morgan fingerprint density at radius 3 is 1.54 bits per heavy atom. The Balaban J connectivity index is 1.34. The summed E-state index contributed by atoms with van der Waals surface area (Å²) >= 11 is 0. The van der Waals surface area contributed by atoms with E-state index in [1.807, 2.05) is 115 Å². The second kappa shape index (κ2) is 11.4. The molecule has 9 aromatic rings. The van der Waals surface area contributed by atoms with E-state index in [1.165, 1.54) is 0 Å². The molecule has 5 nitrogen and oxygen atoms in total. The SMILES string of the molecule is N#Cc1ccc2c(c1)c1ccccc1n2-c1cccc(C#N)c1-c1ccccc1-c1cccc(-n2c3ccccc3c3ccccc32)c1C#N. The quantitative estimate of drug-likeness (QED) is 0.193. The number of fused-ring (bicyclic) bond motifs is 6. The van der Waals surface area contributed by atoms with Crippen LogP contribution < -0.4 is 0 Å². The van der Waals surface area contributed by atoms with Crippen LogP contribution in [-0.2, 0) is 0 Å². The summed E-state index contributed by atoms with van der Waals surface area (Å²) in [5, 5.41) is 35.4. The standard InChI is InChI=1S/C45H25N5/c46-26-29-23-24-43-37(25-29)35-15-5-8-20-41(35)50(43)44-22-9-11-30(27-47)45(44)36-16-2-1-12-31(36)32-17-10-21-42(38(32)28-48)49-39-18-6-3-13-33(39)34-14-4-7-19-40(34)49/h1-25H. The van der Waals surface area contributed by atoms with Gasteiger partial charge in [0, 0.05) is 32.7 Å². The number of aromatic nitrogens is 2. The predicted molar refractivity (Wildman–Crippen MR) is 200 cm³/mol. The zero-order chi connectivity index (χ0) is 33.8. The molecule has 9 rings (SSSR count). The van der Waals surface area contributed by atoms with Crippen LogP contribution in [-0.4, -0.2) is 9.13 Å². The van der Waals surface area contributed by atoms with Crippen molar-refractivity contribution in [2.45, 2.75) is 0 Å². The van der Waals surface area contributed by atoms with Crippen molar-refractivity contribution in [1.29, 1.82) is 15.8 Å². The van der Waals surface area contributed by atoms with Gasteiger partial charge in [0.2, 0.25) is 0 Å². The zero-order valence-electron chi connectivity index (χ0n) is 26.7. The van der Waals surface area contributed by atoms with E-state index in [0.717, 1.165) is 77.2 Å². The minimum Gasteiger partial charge on any atom is -0.309 e. The van der Waals surface area contributed by atoms with E-state index in [2.05, 4.69) is 63.7 Å². The van der Waals surface area contributed by atoms with E-state index in [0.29, 0.717) is 16.7 Å². The molecule has 0 atom stereocenters. The highest BCUT2D eigenvalue weighted by Crippen LogP contribution is 2.43. The van der Waals surface area contributed by atoms with E-state index >= 15 is 0 Å². The van der Waals surface area contributed by atoms with Gasteiger partial charge in [-0.1, -0.05) is 97.1 Å². The van der Waals surface area contributed by atoms with Crippen LogP contribution in [0, 0.1) is 34.0 Å². The summed E-state index contributed by atoms with van der Waals surface area (Å²) in [6.45, 7) is 0. The summed E-state index contributed by atoms with van der Waals surface area (Å²) in [5.41, 5.74) is 10.5. The minimum absolute atomic E-state index is 0.520. The highest BCUT2D eigenvalue weighted by atomic mass is 15.0. The lowest BCUT2D eigenvalue weighted by atomic mass is 9.88. The molecule has 50 heavy (non-hydrogen) atoms. The average Bonchev–Trinajstić information content (AvgIpc) is 3.69. The van der Waals surface area contributed by atoms with Crippen molar-refractivity contribution in [2.75, 3.05) is 0 Å². The average molecular weight is 636 g/mol. The Kier molecular flexibility index (Phi) is 6.56. The molecule has 2 aromatic heterocycles. The first-order valence-electron chi connectivity index (χ1n) is 16.3. The maximum atomic E-state index is 10.9. The molecule has 0 amide bonds. The predicted octanol–water partition coefficient (Wildman–Crippen LogP) is 10.8.